The van der Waals surface area contributed by atoms with Gasteiger partial charge in [0.2, 0.25) is 11.8 Å². The molecule has 1 atom stereocenters. The maximum atomic E-state index is 12.6. The number of carbonyl (C=O) groups is 2. The zero-order chi connectivity index (χ0) is 21.9. The standard InChI is InChI=1S/C23H31N5O2/c1-23(2,3)22(30)27(5)15-20-25-18(12-19(24-4)26-20)17-11-21(29)28(14-17)13-16-9-7-6-8-10-16/h6-10,12,17H,11,13-15H2,1-5H3,(H,24,25,26)/t17-/m0/s1. The van der Waals surface area contributed by atoms with Gasteiger partial charge in [0.05, 0.1) is 12.2 Å². The molecule has 1 fully saturated rings. The Balaban J connectivity index is 1.76. The number of amides is 2. The van der Waals surface area contributed by atoms with Crippen molar-refractivity contribution in [1.29, 1.82) is 0 Å². The summed E-state index contributed by atoms with van der Waals surface area (Å²) in [6.07, 6.45) is 0.434. The summed E-state index contributed by atoms with van der Waals surface area (Å²) in [5, 5.41) is 3.07. The zero-order valence-corrected chi connectivity index (χ0v) is 18.5. The summed E-state index contributed by atoms with van der Waals surface area (Å²) in [5.41, 5.74) is 1.49. The first-order valence-corrected chi connectivity index (χ1v) is 10.3. The molecule has 1 saturated heterocycles. The van der Waals surface area contributed by atoms with Gasteiger partial charge in [-0.3, -0.25) is 9.59 Å². The molecule has 1 N–H and O–H groups in total. The molecule has 7 heteroatoms. The monoisotopic (exact) mass is 409 g/mol. The van der Waals surface area contributed by atoms with Crippen LogP contribution in [-0.4, -0.2) is 52.2 Å². The van der Waals surface area contributed by atoms with Crippen LogP contribution in [0, 0.1) is 5.41 Å². The van der Waals surface area contributed by atoms with Crippen molar-refractivity contribution >= 4 is 17.6 Å². The predicted octanol–water partition coefficient (Wildman–Crippen LogP) is 3.04. The van der Waals surface area contributed by atoms with Crippen LogP contribution in [0.1, 0.15) is 50.2 Å². The van der Waals surface area contributed by atoms with Crippen LogP contribution < -0.4 is 5.32 Å². The van der Waals surface area contributed by atoms with Gasteiger partial charge in [-0.2, -0.15) is 0 Å². The van der Waals surface area contributed by atoms with E-state index in [1.54, 1.807) is 19.0 Å². The topological polar surface area (TPSA) is 78.4 Å². The molecule has 3 rings (SSSR count). The van der Waals surface area contributed by atoms with E-state index in [2.05, 4.69) is 10.3 Å². The smallest absolute Gasteiger partial charge is 0.228 e. The molecule has 1 aliphatic rings. The van der Waals surface area contributed by atoms with Crippen LogP contribution in [0.3, 0.4) is 0 Å². The molecular weight excluding hydrogens is 378 g/mol. The molecule has 2 aromatic rings. The number of anilines is 1. The Morgan fingerprint density at radius 3 is 2.57 bits per heavy atom. The number of benzene rings is 1. The lowest BCUT2D eigenvalue weighted by Gasteiger charge is -2.25. The van der Waals surface area contributed by atoms with Gasteiger partial charge in [-0.1, -0.05) is 51.1 Å². The van der Waals surface area contributed by atoms with Crippen molar-refractivity contribution in [1.82, 2.24) is 19.8 Å². The largest absolute Gasteiger partial charge is 0.373 e. The molecular formula is C23H31N5O2. The van der Waals surface area contributed by atoms with Crippen molar-refractivity contribution in [3.8, 4) is 0 Å². The van der Waals surface area contributed by atoms with E-state index in [1.165, 1.54) is 0 Å². The highest BCUT2D eigenvalue weighted by atomic mass is 16.2. The molecule has 2 heterocycles. The summed E-state index contributed by atoms with van der Waals surface area (Å²) in [4.78, 5) is 37.9. The first kappa shape index (κ1) is 21.7. The average Bonchev–Trinajstić information content (AvgIpc) is 3.07. The molecule has 0 bridgehead atoms. The fraction of sp³-hybridized carbons (Fsp3) is 0.478. The SMILES string of the molecule is CNc1cc([C@H]2CC(=O)N(Cc3ccccc3)C2)nc(CN(C)C(=O)C(C)(C)C)n1. The second kappa shape index (κ2) is 8.81. The van der Waals surface area contributed by atoms with Crippen molar-refractivity contribution in [3.63, 3.8) is 0 Å². The number of hydrogen-bond acceptors (Lipinski definition) is 5. The van der Waals surface area contributed by atoms with Crippen molar-refractivity contribution in [3.05, 3.63) is 53.5 Å². The third kappa shape index (κ3) is 5.14. The Labute approximate surface area is 178 Å². The molecule has 0 unspecified atom stereocenters. The second-order valence-electron chi connectivity index (χ2n) is 8.92. The lowest BCUT2D eigenvalue weighted by molar-refractivity contribution is -0.138. The Hall–Kier alpha value is -2.96. The van der Waals surface area contributed by atoms with Crippen molar-refractivity contribution < 1.29 is 9.59 Å². The second-order valence-corrected chi connectivity index (χ2v) is 8.92. The maximum absolute atomic E-state index is 12.6. The van der Waals surface area contributed by atoms with E-state index in [1.807, 2.05) is 62.1 Å². The number of rotatable bonds is 6. The van der Waals surface area contributed by atoms with Crippen molar-refractivity contribution in [2.24, 2.45) is 5.41 Å². The van der Waals surface area contributed by atoms with Crippen molar-refractivity contribution in [2.45, 2.75) is 46.2 Å². The van der Waals surface area contributed by atoms with Gasteiger partial charge < -0.3 is 15.1 Å². The molecule has 1 aromatic carbocycles. The fourth-order valence-corrected chi connectivity index (χ4v) is 3.71. The molecule has 0 spiro atoms. The summed E-state index contributed by atoms with van der Waals surface area (Å²) in [6, 6.07) is 11.9. The molecule has 2 amide bonds. The summed E-state index contributed by atoms with van der Waals surface area (Å²) >= 11 is 0. The maximum Gasteiger partial charge on any atom is 0.228 e. The van der Waals surface area contributed by atoms with Gasteiger partial charge >= 0.3 is 0 Å². The van der Waals surface area contributed by atoms with Crippen LogP contribution in [0.25, 0.3) is 0 Å². The van der Waals surface area contributed by atoms with E-state index in [9.17, 15) is 9.59 Å². The van der Waals surface area contributed by atoms with Gasteiger partial charge in [0.15, 0.2) is 0 Å². The first-order chi connectivity index (χ1) is 14.2. The number of carbonyl (C=O) groups excluding carboxylic acids is 2. The van der Waals surface area contributed by atoms with Crippen LogP contribution in [0.15, 0.2) is 36.4 Å². The van der Waals surface area contributed by atoms with Gasteiger partial charge in [0.25, 0.3) is 0 Å². The third-order valence-electron chi connectivity index (χ3n) is 5.26. The van der Waals surface area contributed by atoms with E-state index in [-0.39, 0.29) is 17.7 Å². The molecule has 7 nitrogen and oxygen atoms in total. The van der Waals surface area contributed by atoms with Crippen molar-refractivity contribution in [2.75, 3.05) is 26.0 Å². The van der Waals surface area contributed by atoms with Gasteiger partial charge in [0, 0.05) is 51.0 Å². The normalized spacial score (nSPS) is 16.6. The van der Waals surface area contributed by atoms with Crippen LogP contribution in [0.5, 0.6) is 0 Å². The van der Waals surface area contributed by atoms with E-state index in [0.29, 0.717) is 37.7 Å². The highest BCUT2D eigenvalue weighted by Gasteiger charge is 2.32. The molecule has 0 aliphatic carbocycles. The quantitative estimate of drug-likeness (QED) is 0.793. The molecule has 0 radical (unpaired) electrons. The third-order valence-corrected chi connectivity index (χ3v) is 5.26. The zero-order valence-electron chi connectivity index (χ0n) is 18.5. The Kier molecular flexibility index (Phi) is 6.39. The highest BCUT2D eigenvalue weighted by Crippen LogP contribution is 2.29. The molecule has 160 valence electrons. The molecule has 0 saturated carbocycles. The number of likely N-dealkylation sites (tertiary alicyclic amines) is 1. The average molecular weight is 410 g/mol. The van der Waals surface area contributed by atoms with Gasteiger partial charge in [0.1, 0.15) is 11.6 Å². The Morgan fingerprint density at radius 1 is 1.23 bits per heavy atom. The lowest BCUT2D eigenvalue weighted by Crippen LogP contribution is -2.36. The number of nitrogens with one attached hydrogen (secondary N) is 1. The minimum absolute atomic E-state index is 0.0127. The minimum atomic E-state index is -0.464. The van der Waals surface area contributed by atoms with Gasteiger partial charge in [-0.15, -0.1) is 0 Å². The number of aromatic nitrogens is 2. The van der Waals surface area contributed by atoms with E-state index in [0.717, 1.165) is 11.3 Å². The van der Waals surface area contributed by atoms with E-state index < -0.39 is 5.41 Å². The fourth-order valence-electron chi connectivity index (χ4n) is 3.71. The van der Waals surface area contributed by atoms with E-state index >= 15 is 0 Å². The highest BCUT2D eigenvalue weighted by molar-refractivity contribution is 5.81. The first-order valence-electron chi connectivity index (χ1n) is 10.3. The summed E-state index contributed by atoms with van der Waals surface area (Å²) < 4.78 is 0. The summed E-state index contributed by atoms with van der Waals surface area (Å²) in [5.74, 6) is 1.45. The van der Waals surface area contributed by atoms with Crippen LogP contribution >= 0.6 is 0 Å². The number of nitrogens with zero attached hydrogens (tertiary/aromatic N) is 4. The van der Waals surface area contributed by atoms with E-state index in [4.69, 9.17) is 4.98 Å². The van der Waals surface area contributed by atoms with Crippen LogP contribution in [0.4, 0.5) is 5.82 Å². The molecule has 30 heavy (non-hydrogen) atoms. The van der Waals surface area contributed by atoms with Crippen LogP contribution in [-0.2, 0) is 22.7 Å². The lowest BCUT2D eigenvalue weighted by atomic mass is 9.95. The Morgan fingerprint density at radius 2 is 1.93 bits per heavy atom. The molecule has 1 aromatic heterocycles. The van der Waals surface area contributed by atoms with Gasteiger partial charge in [-0.25, -0.2) is 9.97 Å². The Bertz CT molecular complexity index is 908. The predicted molar refractivity (Wildman–Crippen MR) is 117 cm³/mol. The molecule has 1 aliphatic heterocycles. The summed E-state index contributed by atoms with van der Waals surface area (Å²) in [6.45, 7) is 7.25. The summed E-state index contributed by atoms with van der Waals surface area (Å²) in [7, 11) is 3.57. The number of hydrogen-bond donors (Lipinski definition) is 1. The van der Waals surface area contributed by atoms with Crippen LogP contribution in [0.2, 0.25) is 0 Å². The minimum Gasteiger partial charge on any atom is -0.373 e. The van der Waals surface area contributed by atoms with Gasteiger partial charge in [-0.05, 0) is 5.56 Å².